The number of amides is 1. The molecule has 0 fully saturated rings. The summed E-state index contributed by atoms with van der Waals surface area (Å²) in [5.74, 6) is -2.47. The van der Waals surface area contributed by atoms with Gasteiger partial charge in [-0.3, -0.25) is 4.79 Å². The average molecular weight is 462 g/mol. The molecule has 3 heterocycles. The molecule has 0 aliphatic heterocycles. The summed E-state index contributed by atoms with van der Waals surface area (Å²) < 4.78 is 72.4. The van der Waals surface area contributed by atoms with Gasteiger partial charge in [0.15, 0.2) is 0 Å². The predicted octanol–water partition coefficient (Wildman–Crippen LogP) is 5.11. The van der Waals surface area contributed by atoms with Crippen LogP contribution in [-0.2, 0) is 17.4 Å². The third-order valence-electron chi connectivity index (χ3n) is 4.82. The largest absolute Gasteiger partial charge is 0.481 e. The highest BCUT2D eigenvalue weighted by Gasteiger charge is 2.35. The summed E-state index contributed by atoms with van der Waals surface area (Å²) in [4.78, 5) is 22.5. The summed E-state index contributed by atoms with van der Waals surface area (Å²) in [6, 6.07) is 6.19. The number of aromatic amines is 1. The third kappa shape index (κ3) is 4.61. The maximum atomic E-state index is 14.7. The molecule has 4 rings (SSSR count). The monoisotopic (exact) mass is 462 g/mol. The fraction of sp³-hybridized carbons (Fsp3) is 0.136. The van der Waals surface area contributed by atoms with Crippen molar-refractivity contribution in [2.24, 2.45) is 0 Å². The zero-order chi connectivity index (χ0) is 23.8. The van der Waals surface area contributed by atoms with Crippen LogP contribution in [0, 0.1) is 11.6 Å². The number of aromatic nitrogens is 3. The van der Waals surface area contributed by atoms with Gasteiger partial charge in [-0.05, 0) is 23.8 Å². The van der Waals surface area contributed by atoms with Gasteiger partial charge in [0.2, 0.25) is 11.8 Å². The van der Waals surface area contributed by atoms with Crippen LogP contribution in [0.5, 0.6) is 5.88 Å². The summed E-state index contributed by atoms with van der Waals surface area (Å²) in [6.45, 7) is 0. The van der Waals surface area contributed by atoms with Gasteiger partial charge in [0, 0.05) is 23.5 Å². The summed E-state index contributed by atoms with van der Waals surface area (Å²) in [7, 11) is 1.05. The molecule has 0 atom stereocenters. The number of carbonyl (C=O) groups is 1. The van der Waals surface area contributed by atoms with Gasteiger partial charge in [0.1, 0.15) is 22.8 Å². The standard InChI is InChI=1S/C22H15F5N4O2/c1-33-21-16(22(25,26)27)7-13(9-30-21)31-19(32)5-11-2-3-14(17(23)4-11)12-6-15-18(24)10-29-20(15)28-8-12/h2-4,6-10H,5H2,1H3,(H,28,29)(H,31,32). The highest BCUT2D eigenvalue weighted by atomic mass is 19.4. The van der Waals surface area contributed by atoms with Gasteiger partial charge in [-0.2, -0.15) is 13.2 Å². The van der Waals surface area contributed by atoms with Crippen LogP contribution >= 0.6 is 0 Å². The Hall–Kier alpha value is -4.02. The van der Waals surface area contributed by atoms with E-state index in [2.05, 4.69) is 25.0 Å². The first-order valence-electron chi connectivity index (χ1n) is 9.48. The second kappa shape index (κ2) is 8.49. The SMILES string of the molecule is COc1ncc(NC(=O)Cc2ccc(-c3cnc4[nH]cc(F)c4c3)c(F)c2)cc1C(F)(F)F. The molecule has 11 heteroatoms. The minimum absolute atomic E-state index is 0.156. The number of pyridine rings is 2. The topological polar surface area (TPSA) is 79.9 Å². The molecular formula is C22H15F5N4O2. The first-order valence-corrected chi connectivity index (χ1v) is 9.48. The van der Waals surface area contributed by atoms with Crippen molar-refractivity contribution < 1.29 is 31.5 Å². The Kier molecular flexibility index (Phi) is 5.71. The molecule has 33 heavy (non-hydrogen) atoms. The molecule has 0 saturated heterocycles. The van der Waals surface area contributed by atoms with Crippen molar-refractivity contribution in [2.45, 2.75) is 12.6 Å². The number of H-pyrrole nitrogens is 1. The van der Waals surface area contributed by atoms with E-state index in [-0.39, 0.29) is 28.6 Å². The van der Waals surface area contributed by atoms with Gasteiger partial charge in [-0.15, -0.1) is 0 Å². The maximum absolute atomic E-state index is 14.7. The number of benzene rings is 1. The van der Waals surface area contributed by atoms with Crippen LogP contribution in [0.15, 0.2) is 48.9 Å². The minimum Gasteiger partial charge on any atom is -0.481 e. The van der Waals surface area contributed by atoms with Crippen LogP contribution < -0.4 is 10.1 Å². The van der Waals surface area contributed by atoms with Gasteiger partial charge in [-0.1, -0.05) is 12.1 Å². The Labute approximate surface area is 183 Å². The highest BCUT2D eigenvalue weighted by molar-refractivity contribution is 5.92. The van der Waals surface area contributed by atoms with Crippen LogP contribution in [0.4, 0.5) is 27.6 Å². The molecule has 170 valence electrons. The number of hydrogen-bond donors (Lipinski definition) is 2. The molecule has 0 radical (unpaired) electrons. The van der Waals surface area contributed by atoms with Crippen LogP contribution in [0.1, 0.15) is 11.1 Å². The fourth-order valence-corrected chi connectivity index (χ4v) is 3.30. The van der Waals surface area contributed by atoms with Crippen LogP contribution in [0.3, 0.4) is 0 Å². The number of methoxy groups -OCH3 is 1. The Balaban J connectivity index is 1.51. The Morgan fingerprint density at radius 3 is 2.58 bits per heavy atom. The lowest BCUT2D eigenvalue weighted by Gasteiger charge is -2.13. The van der Waals surface area contributed by atoms with Crippen LogP contribution in [-0.4, -0.2) is 28.0 Å². The second-order valence-corrected chi connectivity index (χ2v) is 7.07. The number of carbonyl (C=O) groups excluding carboxylic acids is 1. The number of hydrogen-bond acceptors (Lipinski definition) is 4. The summed E-state index contributed by atoms with van der Waals surface area (Å²) in [6.07, 6.45) is -1.46. The number of rotatable bonds is 5. The Morgan fingerprint density at radius 1 is 1.09 bits per heavy atom. The quantitative estimate of drug-likeness (QED) is 0.404. The molecule has 0 aliphatic carbocycles. The first-order chi connectivity index (χ1) is 15.7. The number of fused-ring (bicyclic) bond motifs is 1. The minimum atomic E-state index is -4.72. The van der Waals surface area contributed by atoms with E-state index in [1.54, 1.807) is 0 Å². The molecular weight excluding hydrogens is 447 g/mol. The van der Waals surface area contributed by atoms with E-state index < -0.39 is 35.2 Å². The number of anilines is 1. The first kappa shape index (κ1) is 22.2. The van der Waals surface area contributed by atoms with Gasteiger partial charge >= 0.3 is 6.18 Å². The highest BCUT2D eigenvalue weighted by Crippen LogP contribution is 2.36. The Bertz CT molecular complexity index is 1350. The summed E-state index contributed by atoms with van der Waals surface area (Å²) in [5, 5.41) is 2.52. The number of alkyl halides is 3. The smallest absolute Gasteiger partial charge is 0.421 e. The van der Waals surface area contributed by atoms with Crippen molar-refractivity contribution in [2.75, 3.05) is 12.4 Å². The van der Waals surface area contributed by atoms with E-state index in [1.165, 1.54) is 24.4 Å². The molecule has 0 spiro atoms. The van der Waals surface area contributed by atoms with E-state index in [9.17, 15) is 26.7 Å². The van der Waals surface area contributed by atoms with Crippen LogP contribution in [0.25, 0.3) is 22.2 Å². The molecule has 6 nitrogen and oxygen atoms in total. The zero-order valence-electron chi connectivity index (χ0n) is 16.9. The molecule has 0 bridgehead atoms. The molecule has 3 aromatic heterocycles. The number of ether oxygens (including phenoxy) is 1. The molecule has 0 saturated carbocycles. The normalized spacial score (nSPS) is 11.6. The van der Waals surface area contributed by atoms with Gasteiger partial charge in [0.25, 0.3) is 0 Å². The lowest BCUT2D eigenvalue weighted by atomic mass is 10.0. The summed E-state index contributed by atoms with van der Waals surface area (Å²) in [5.41, 5.74) is -0.206. The summed E-state index contributed by atoms with van der Waals surface area (Å²) >= 11 is 0. The van der Waals surface area contributed by atoms with Crippen molar-refractivity contribution in [1.29, 1.82) is 0 Å². The van der Waals surface area contributed by atoms with Gasteiger partial charge in [0.05, 0.1) is 30.8 Å². The third-order valence-corrected chi connectivity index (χ3v) is 4.82. The molecule has 2 N–H and O–H groups in total. The molecule has 1 amide bonds. The molecule has 0 aliphatic rings. The lowest BCUT2D eigenvalue weighted by Crippen LogP contribution is -2.16. The van der Waals surface area contributed by atoms with E-state index in [0.29, 0.717) is 17.3 Å². The molecule has 1 aromatic carbocycles. The van der Waals surface area contributed by atoms with E-state index in [0.717, 1.165) is 25.6 Å². The van der Waals surface area contributed by atoms with E-state index in [4.69, 9.17) is 0 Å². The van der Waals surface area contributed by atoms with E-state index in [1.807, 2.05) is 0 Å². The van der Waals surface area contributed by atoms with Crippen molar-refractivity contribution in [3.63, 3.8) is 0 Å². The number of halogens is 5. The molecule has 4 aromatic rings. The zero-order valence-corrected chi connectivity index (χ0v) is 16.9. The van der Waals surface area contributed by atoms with Crippen molar-refractivity contribution in [3.05, 3.63) is 71.7 Å². The van der Waals surface area contributed by atoms with Crippen molar-refractivity contribution in [3.8, 4) is 17.0 Å². The van der Waals surface area contributed by atoms with Crippen molar-refractivity contribution in [1.82, 2.24) is 15.0 Å². The van der Waals surface area contributed by atoms with E-state index >= 15 is 0 Å². The van der Waals surface area contributed by atoms with Crippen LogP contribution in [0.2, 0.25) is 0 Å². The van der Waals surface area contributed by atoms with Gasteiger partial charge in [-0.25, -0.2) is 18.7 Å². The predicted molar refractivity (Wildman–Crippen MR) is 110 cm³/mol. The number of nitrogens with one attached hydrogen (secondary N) is 2. The van der Waals surface area contributed by atoms with Crippen molar-refractivity contribution >= 4 is 22.6 Å². The number of nitrogens with zero attached hydrogens (tertiary/aromatic N) is 2. The second-order valence-electron chi connectivity index (χ2n) is 7.07. The average Bonchev–Trinajstić information content (AvgIpc) is 3.13. The molecule has 0 unspecified atom stereocenters. The fourth-order valence-electron chi connectivity index (χ4n) is 3.30. The maximum Gasteiger partial charge on any atom is 0.421 e. The lowest BCUT2D eigenvalue weighted by molar-refractivity contribution is -0.139. The van der Waals surface area contributed by atoms with Gasteiger partial charge < -0.3 is 15.0 Å². The Morgan fingerprint density at radius 2 is 1.88 bits per heavy atom.